The highest BCUT2D eigenvalue weighted by Crippen LogP contribution is 2.11. The van der Waals surface area contributed by atoms with E-state index >= 15 is 0 Å². The fraction of sp³-hybridized carbons (Fsp3) is 0.750. The number of allylic oxidation sites excluding steroid dienone is 1. The van der Waals surface area contributed by atoms with Crippen molar-refractivity contribution in [2.24, 2.45) is 0 Å². The topological polar surface area (TPSA) is 17.1 Å². The standard InChI is InChI=1S/C12H19ClF2O/c13-11(16)9-7-5-3-1-2-4-6-8-10-12(14)15/h10H,1-9H2. The van der Waals surface area contributed by atoms with Gasteiger partial charge in [-0.1, -0.05) is 32.1 Å². The molecule has 0 saturated heterocycles. The summed E-state index contributed by atoms with van der Waals surface area (Å²) in [5.41, 5.74) is 0. The molecule has 0 bridgehead atoms. The van der Waals surface area contributed by atoms with Gasteiger partial charge in [0, 0.05) is 6.42 Å². The van der Waals surface area contributed by atoms with E-state index in [1.165, 1.54) is 0 Å². The van der Waals surface area contributed by atoms with E-state index in [0.717, 1.165) is 51.0 Å². The van der Waals surface area contributed by atoms with Gasteiger partial charge in [0.15, 0.2) is 0 Å². The molecule has 0 N–H and O–H groups in total. The molecular formula is C12H19ClF2O. The Labute approximate surface area is 101 Å². The van der Waals surface area contributed by atoms with E-state index in [1.54, 1.807) is 0 Å². The number of halogens is 3. The largest absolute Gasteiger partial charge is 0.281 e. The monoisotopic (exact) mass is 252 g/mol. The van der Waals surface area contributed by atoms with Gasteiger partial charge in [0.05, 0.1) is 0 Å². The number of rotatable bonds is 10. The summed E-state index contributed by atoms with van der Waals surface area (Å²) in [6, 6.07) is 0. The number of hydrogen-bond acceptors (Lipinski definition) is 1. The van der Waals surface area contributed by atoms with E-state index in [4.69, 9.17) is 11.6 Å². The van der Waals surface area contributed by atoms with Crippen molar-refractivity contribution in [3.05, 3.63) is 12.2 Å². The second kappa shape index (κ2) is 11.1. The van der Waals surface area contributed by atoms with Gasteiger partial charge in [-0.2, -0.15) is 8.78 Å². The lowest BCUT2D eigenvalue weighted by Gasteiger charge is -1.99. The minimum atomic E-state index is -1.58. The average molecular weight is 253 g/mol. The van der Waals surface area contributed by atoms with Crippen LogP contribution in [0.4, 0.5) is 8.78 Å². The molecule has 1 nitrogen and oxygen atoms in total. The van der Waals surface area contributed by atoms with E-state index < -0.39 is 6.08 Å². The summed E-state index contributed by atoms with van der Waals surface area (Å²) in [4.78, 5) is 10.4. The second-order valence-electron chi connectivity index (χ2n) is 3.86. The lowest BCUT2D eigenvalue weighted by Crippen LogP contribution is -1.86. The Kier molecular flexibility index (Phi) is 10.8. The molecule has 0 radical (unpaired) electrons. The Morgan fingerprint density at radius 1 is 0.938 bits per heavy atom. The van der Waals surface area contributed by atoms with Crippen LogP contribution in [0.1, 0.15) is 57.8 Å². The highest BCUT2D eigenvalue weighted by atomic mass is 35.5. The van der Waals surface area contributed by atoms with Crippen LogP contribution in [-0.2, 0) is 4.79 Å². The predicted octanol–water partition coefficient (Wildman–Crippen LogP) is 5.04. The lowest BCUT2D eigenvalue weighted by atomic mass is 10.1. The molecule has 0 aliphatic heterocycles. The third kappa shape index (κ3) is 13.6. The number of carbonyl (C=O) groups excluding carboxylic acids is 1. The summed E-state index contributed by atoms with van der Waals surface area (Å²) in [7, 11) is 0. The van der Waals surface area contributed by atoms with E-state index in [1.807, 2.05) is 0 Å². The van der Waals surface area contributed by atoms with Crippen molar-refractivity contribution in [2.45, 2.75) is 57.8 Å². The highest BCUT2D eigenvalue weighted by molar-refractivity contribution is 6.63. The first-order valence-electron chi connectivity index (χ1n) is 5.82. The Morgan fingerprint density at radius 3 is 1.94 bits per heavy atom. The highest BCUT2D eigenvalue weighted by Gasteiger charge is 1.96. The maximum atomic E-state index is 11.6. The van der Waals surface area contributed by atoms with Gasteiger partial charge in [-0.3, -0.25) is 4.79 Å². The van der Waals surface area contributed by atoms with Gasteiger partial charge in [-0.15, -0.1) is 0 Å². The third-order valence-corrected chi connectivity index (χ3v) is 2.57. The Balaban J connectivity index is 3.04. The maximum absolute atomic E-state index is 11.6. The van der Waals surface area contributed by atoms with Crippen molar-refractivity contribution < 1.29 is 13.6 Å². The van der Waals surface area contributed by atoms with Crippen molar-refractivity contribution in [3.63, 3.8) is 0 Å². The molecule has 0 heterocycles. The second-order valence-corrected chi connectivity index (χ2v) is 4.28. The van der Waals surface area contributed by atoms with E-state index in [0.29, 0.717) is 12.8 Å². The van der Waals surface area contributed by atoms with Gasteiger partial charge < -0.3 is 0 Å². The van der Waals surface area contributed by atoms with E-state index in [9.17, 15) is 13.6 Å². The minimum Gasteiger partial charge on any atom is -0.281 e. The average Bonchev–Trinajstić information content (AvgIpc) is 2.20. The Bertz CT molecular complexity index is 213. The summed E-state index contributed by atoms with van der Waals surface area (Å²) < 4.78 is 23.3. The molecule has 0 aliphatic rings. The van der Waals surface area contributed by atoms with Crippen LogP contribution < -0.4 is 0 Å². The summed E-state index contributed by atoms with van der Waals surface area (Å²) in [6.07, 6.45) is 7.33. The van der Waals surface area contributed by atoms with Crippen LogP contribution in [0.15, 0.2) is 12.2 Å². The van der Waals surface area contributed by atoms with Crippen LogP contribution in [0.5, 0.6) is 0 Å². The fourth-order valence-electron chi connectivity index (χ4n) is 1.50. The van der Waals surface area contributed by atoms with Gasteiger partial charge in [-0.25, -0.2) is 0 Å². The van der Waals surface area contributed by atoms with Gasteiger partial charge in [0.25, 0.3) is 6.08 Å². The first-order chi connectivity index (χ1) is 7.63. The van der Waals surface area contributed by atoms with Gasteiger partial charge >= 0.3 is 0 Å². The predicted molar refractivity (Wildman–Crippen MR) is 62.7 cm³/mol. The number of unbranched alkanes of at least 4 members (excludes halogenated alkanes) is 7. The zero-order valence-corrected chi connectivity index (χ0v) is 10.2. The zero-order chi connectivity index (χ0) is 12.2. The van der Waals surface area contributed by atoms with Crippen molar-refractivity contribution in [1.82, 2.24) is 0 Å². The minimum absolute atomic E-state index is 0.264. The molecule has 0 aromatic heterocycles. The summed E-state index contributed by atoms with van der Waals surface area (Å²) in [5.74, 6) is 0. The molecule has 0 fully saturated rings. The van der Waals surface area contributed by atoms with Crippen LogP contribution >= 0.6 is 11.6 Å². The van der Waals surface area contributed by atoms with Gasteiger partial charge in [-0.05, 0) is 36.9 Å². The van der Waals surface area contributed by atoms with Crippen molar-refractivity contribution in [3.8, 4) is 0 Å². The van der Waals surface area contributed by atoms with Crippen LogP contribution in [-0.4, -0.2) is 5.24 Å². The van der Waals surface area contributed by atoms with Gasteiger partial charge in [0.1, 0.15) is 0 Å². The van der Waals surface area contributed by atoms with E-state index in [-0.39, 0.29) is 5.24 Å². The van der Waals surface area contributed by atoms with Crippen molar-refractivity contribution in [1.29, 1.82) is 0 Å². The number of carbonyl (C=O) groups is 1. The molecule has 94 valence electrons. The smallest absolute Gasteiger partial charge is 0.266 e. The summed E-state index contributed by atoms with van der Waals surface area (Å²) >= 11 is 5.19. The Morgan fingerprint density at radius 2 is 1.44 bits per heavy atom. The molecule has 0 rings (SSSR count). The molecule has 16 heavy (non-hydrogen) atoms. The van der Waals surface area contributed by atoms with Crippen molar-refractivity contribution in [2.75, 3.05) is 0 Å². The molecule has 0 unspecified atom stereocenters. The molecule has 0 atom stereocenters. The molecule has 0 aromatic carbocycles. The first-order valence-corrected chi connectivity index (χ1v) is 6.20. The van der Waals surface area contributed by atoms with Crippen molar-refractivity contribution >= 4 is 16.8 Å². The Hall–Kier alpha value is -0.440. The normalized spacial score (nSPS) is 10.2. The maximum Gasteiger partial charge on any atom is 0.266 e. The fourth-order valence-corrected chi connectivity index (χ4v) is 1.64. The van der Waals surface area contributed by atoms with Gasteiger partial charge in [0.2, 0.25) is 5.24 Å². The molecule has 0 aliphatic carbocycles. The molecule has 0 saturated carbocycles. The molecule has 0 spiro atoms. The quantitative estimate of drug-likeness (QED) is 0.393. The van der Waals surface area contributed by atoms with E-state index in [2.05, 4.69) is 0 Å². The third-order valence-electron chi connectivity index (χ3n) is 2.38. The SMILES string of the molecule is O=C(Cl)CCCCCCCCCC=C(F)F. The van der Waals surface area contributed by atoms with Crippen LogP contribution in [0.25, 0.3) is 0 Å². The van der Waals surface area contributed by atoms with Crippen LogP contribution in [0.3, 0.4) is 0 Å². The molecule has 0 aromatic rings. The first kappa shape index (κ1) is 15.6. The zero-order valence-electron chi connectivity index (χ0n) is 9.48. The van der Waals surface area contributed by atoms with Crippen LogP contribution in [0.2, 0.25) is 0 Å². The summed E-state index contributed by atoms with van der Waals surface area (Å²) in [6.45, 7) is 0. The number of hydrogen-bond donors (Lipinski definition) is 0. The van der Waals surface area contributed by atoms with Crippen LogP contribution in [0, 0.1) is 0 Å². The molecule has 0 amide bonds. The lowest BCUT2D eigenvalue weighted by molar-refractivity contribution is -0.111. The molecule has 4 heteroatoms. The summed E-state index contributed by atoms with van der Waals surface area (Å²) in [5, 5.41) is -0.264. The molecular weight excluding hydrogens is 234 g/mol.